The number of azo groups is 1. The summed E-state index contributed by atoms with van der Waals surface area (Å²) >= 11 is 12.3. The molecular formula is C32H43Cl2N3O4. The topological polar surface area (TPSA) is 118 Å². The van der Waals surface area contributed by atoms with Crippen LogP contribution in [-0.2, 0) is 4.79 Å². The largest absolute Gasteiger partial charge is 0.493 e. The molecule has 9 heteroatoms. The van der Waals surface area contributed by atoms with E-state index in [0.717, 1.165) is 51.4 Å². The third-order valence-corrected chi connectivity index (χ3v) is 12.8. The number of nitrogens with one attached hydrogen (secondary N) is 1. The van der Waals surface area contributed by atoms with Crippen molar-refractivity contribution in [2.45, 2.75) is 97.2 Å². The SMILES string of the molecule is C[C@H](CCC(=O)N=Nc1c(O)[nH]c2c(Cl)cc(Cl)cc12)[C@H]1CC[C@H]2[C@@H]3[C@H](O)C[C@@H]4C[C@@H](O)CC[C@]4(C)[C@H]3CC[C@]12C. The molecule has 0 spiro atoms. The van der Waals surface area contributed by atoms with Crippen LogP contribution < -0.4 is 0 Å². The molecule has 4 aliphatic rings. The maximum atomic E-state index is 12.8. The first-order valence-corrected chi connectivity index (χ1v) is 16.2. The summed E-state index contributed by atoms with van der Waals surface area (Å²) in [5.74, 6) is 2.13. The molecule has 4 N–H and O–H groups in total. The quantitative estimate of drug-likeness (QED) is 0.257. The molecule has 4 aliphatic carbocycles. The first kappa shape index (κ1) is 29.4. The standard InChI is InChI=1S/C32H43Cl2N3O4/c1-16(4-7-26(40)36-37-29-20-14-18(33)15-24(34)28(20)35-30(29)41)21-5-6-22-27-23(9-11-32(21,22)3)31(2)10-8-19(38)12-17(31)13-25(27)39/h14-17,19,21-23,25,27,35,38-39,41H,4-13H2,1-3H3/t16-,17+,19+,21-,22+,23+,25-,27+,31+,32-/m1/s1. The van der Waals surface area contributed by atoms with E-state index >= 15 is 0 Å². The second-order valence-electron chi connectivity index (χ2n) is 14.2. The van der Waals surface area contributed by atoms with E-state index in [1.54, 1.807) is 12.1 Å². The van der Waals surface area contributed by atoms with Gasteiger partial charge in [0.2, 0.25) is 5.88 Å². The maximum Gasteiger partial charge on any atom is 0.264 e. The highest BCUT2D eigenvalue weighted by molar-refractivity contribution is 6.38. The van der Waals surface area contributed by atoms with Crippen LogP contribution in [0.1, 0.15) is 85.0 Å². The average Bonchev–Trinajstić information content (AvgIpc) is 3.43. The molecule has 0 aliphatic heterocycles. The summed E-state index contributed by atoms with van der Waals surface area (Å²) in [6, 6.07) is 3.20. The lowest BCUT2D eigenvalue weighted by Gasteiger charge is -2.62. The minimum Gasteiger partial charge on any atom is -0.493 e. The van der Waals surface area contributed by atoms with Crippen molar-refractivity contribution in [3.63, 3.8) is 0 Å². The van der Waals surface area contributed by atoms with Crippen LogP contribution >= 0.6 is 23.2 Å². The molecule has 1 aromatic heterocycles. The van der Waals surface area contributed by atoms with Crippen LogP contribution in [-0.4, -0.2) is 38.4 Å². The van der Waals surface area contributed by atoms with E-state index in [-0.39, 0.29) is 40.5 Å². The van der Waals surface area contributed by atoms with Gasteiger partial charge in [-0.1, -0.05) is 44.0 Å². The summed E-state index contributed by atoms with van der Waals surface area (Å²) in [4.78, 5) is 15.5. The van der Waals surface area contributed by atoms with Crippen molar-refractivity contribution in [3.8, 4) is 5.88 Å². The Bertz CT molecular complexity index is 1360. The fourth-order valence-corrected chi connectivity index (χ4v) is 10.7. The zero-order chi connectivity index (χ0) is 29.3. The van der Waals surface area contributed by atoms with Gasteiger partial charge in [-0.2, -0.15) is 0 Å². The first-order valence-electron chi connectivity index (χ1n) is 15.4. The van der Waals surface area contributed by atoms with Gasteiger partial charge < -0.3 is 20.3 Å². The van der Waals surface area contributed by atoms with Crippen LogP contribution in [0.3, 0.4) is 0 Å². The number of carbonyl (C=O) groups excluding carboxylic acids is 1. The fraction of sp³-hybridized carbons (Fsp3) is 0.719. The van der Waals surface area contributed by atoms with Crippen molar-refractivity contribution in [1.82, 2.24) is 4.98 Å². The molecule has 1 aromatic carbocycles. The molecule has 4 fully saturated rings. The molecule has 41 heavy (non-hydrogen) atoms. The number of aliphatic hydroxyl groups excluding tert-OH is 2. The monoisotopic (exact) mass is 603 g/mol. The maximum absolute atomic E-state index is 12.8. The van der Waals surface area contributed by atoms with Gasteiger partial charge in [0.05, 0.1) is 22.7 Å². The summed E-state index contributed by atoms with van der Waals surface area (Å²) in [7, 11) is 0. The van der Waals surface area contributed by atoms with E-state index < -0.39 is 0 Å². The molecule has 0 radical (unpaired) electrons. The van der Waals surface area contributed by atoms with E-state index in [4.69, 9.17) is 23.2 Å². The Labute approximate surface area is 252 Å². The van der Waals surface area contributed by atoms with Gasteiger partial charge in [0.1, 0.15) is 0 Å². The van der Waals surface area contributed by atoms with Crippen molar-refractivity contribution in [3.05, 3.63) is 22.2 Å². The zero-order valence-electron chi connectivity index (χ0n) is 24.2. The van der Waals surface area contributed by atoms with Crippen LogP contribution in [0.5, 0.6) is 5.88 Å². The smallest absolute Gasteiger partial charge is 0.264 e. The molecule has 7 nitrogen and oxygen atoms in total. The summed E-state index contributed by atoms with van der Waals surface area (Å²) in [6.07, 6.45) is 8.76. The molecule has 0 saturated heterocycles. The molecule has 1 heterocycles. The second kappa shape index (κ2) is 10.8. The highest BCUT2D eigenvalue weighted by Crippen LogP contribution is 2.68. The predicted octanol–water partition coefficient (Wildman–Crippen LogP) is 8.20. The lowest BCUT2D eigenvalue weighted by atomic mass is 9.43. The van der Waals surface area contributed by atoms with E-state index in [1.165, 1.54) is 6.42 Å². The molecule has 0 bridgehead atoms. The van der Waals surface area contributed by atoms with E-state index in [0.29, 0.717) is 62.9 Å². The second-order valence-corrected chi connectivity index (χ2v) is 15.0. The number of rotatable bonds is 5. The number of benzene rings is 1. The predicted molar refractivity (Wildman–Crippen MR) is 161 cm³/mol. The van der Waals surface area contributed by atoms with Gasteiger partial charge in [-0.15, -0.1) is 10.2 Å². The minimum atomic E-state index is -0.316. The number of halogens is 2. The number of aromatic amines is 1. The number of nitrogens with zero attached hydrogens (tertiary/aromatic N) is 2. The third-order valence-electron chi connectivity index (χ3n) is 12.3. The molecule has 6 rings (SSSR count). The number of aromatic nitrogens is 1. The normalized spacial score (nSPS) is 39.4. The number of hydrogen-bond acceptors (Lipinski definition) is 5. The minimum absolute atomic E-state index is 0.156. The van der Waals surface area contributed by atoms with Crippen molar-refractivity contribution in [1.29, 1.82) is 0 Å². The van der Waals surface area contributed by atoms with E-state index in [2.05, 4.69) is 36.0 Å². The number of hydrogen-bond donors (Lipinski definition) is 4. The highest BCUT2D eigenvalue weighted by atomic mass is 35.5. The molecule has 1 amide bonds. The highest BCUT2D eigenvalue weighted by Gasteiger charge is 2.62. The summed E-state index contributed by atoms with van der Waals surface area (Å²) in [6.45, 7) is 7.16. The molecule has 0 unspecified atom stereocenters. The van der Waals surface area contributed by atoms with Gasteiger partial charge in [-0.05, 0) is 116 Å². The van der Waals surface area contributed by atoms with Crippen molar-refractivity contribution in [2.24, 2.45) is 56.6 Å². The average molecular weight is 605 g/mol. The van der Waals surface area contributed by atoms with Crippen molar-refractivity contribution >= 4 is 45.7 Å². The Kier molecular flexibility index (Phi) is 7.74. The Morgan fingerprint density at radius 1 is 1.07 bits per heavy atom. The van der Waals surface area contributed by atoms with Crippen LogP contribution in [0, 0.1) is 46.3 Å². The third kappa shape index (κ3) is 4.93. The number of fused-ring (bicyclic) bond motifs is 6. The van der Waals surface area contributed by atoms with E-state index in [1.807, 2.05) is 0 Å². The van der Waals surface area contributed by atoms with Crippen LogP contribution in [0.4, 0.5) is 5.69 Å². The summed E-state index contributed by atoms with van der Waals surface area (Å²) in [5.41, 5.74) is 1.04. The van der Waals surface area contributed by atoms with Gasteiger partial charge >= 0.3 is 0 Å². The number of carbonyl (C=O) groups is 1. The molecular weight excluding hydrogens is 561 g/mol. The molecule has 4 saturated carbocycles. The lowest BCUT2D eigenvalue weighted by Crippen LogP contribution is -2.58. The molecule has 10 atom stereocenters. The Balaban J connectivity index is 1.11. The molecule has 2 aromatic rings. The first-order chi connectivity index (χ1) is 19.4. The number of H-pyrrole nitrogens is 1. The number of amides is 1. The van der Waals surface area contributed by atoms with Crippen LogP contribution in [0.15, 0.2) is 22.4 Å². The van der Waals surface area contributed by atoms with Gasteiger partial charge in [-0.25, -0.2) is 0 Å². The zero-order valence-corrected chi connectivity index (χ0v) is 25.8. The Hall–Kier alpha value is -1.67. The van der Waals surface area contributed by atoms with Gasteiger partial charge in [0.25, 0.3) is 5.91 Å². The van der Waals surface area contributed by atoms with Gasteiger partial charge in [0.15, 0.2) is 5.69 Å². The Morgan fingerprint density at radius 3 is 2.59 bits per heavy atom. The van der Waals surface area contributed by atoms with Crippen LogP contribution in [0.2, 0.25) is 10.0 Å². The fourth-order valence-electron chi connectivity index (χ4n) is 10.2. The van der Waals surface area contributed by atoms with Crippen molar-refractivity contribution in [2.75, 3.05) is 0 Å². The van der Waals surface area contributed by atoms with Gasteiger partial charge in [-0.3, -0.25) is 4.79 Å². The summed E-state index contributed by atoms with van der Waals surface area (Å²) < 4.78 is 0. The van der Waals surface area contributed by atoms with Crippen LogP contribution in [0.25, 0.3) is 10.9 Å². The van der Waals surface area contributed by atoms with Gasteiger partial charge in [0, 0.05) is 16.8 Å². The molecule has 224 valence electrons. The van der Waals surface area contributed by atoms with Crippen molar-refractivity contribution < 1.29 is 20.1 Å². The number of aliphatic hydroxyl groups is 2. The van der Waals surface area contributed by atoms with E-state index in [9.17, 15) is 20.1 Å². The summed E-state index contributed by atoms with van der Waals surface area (Å²) in [5, 5.41) is 41.4. The lowest BCUT2D eigenvalue weighted by molar-refractivity contribution is -0.174. The number of aromatic hydroxyl groups is 1. The Morgan fingerprint density at radius 2 is 1.80 bits per heavy atom.